The Labute approximate surface area is 127 Å². The number of nitrogens with one attached hydrogen (secondary N) is 1. The zero-order valence-corrected chi connectivity index (χ0v) is 12.9. The van der Waals surface area contributed by atoms with E-state index in [1.165, 1.54) is 45.3 Å². The van der Waals surface area contributed by atoms with Crippen molar-refractivity contribution in [2.24, 2.45) is 0 Å². The second-order valence-corrected chi connectivity index (χ2v) is 5.97. The molecule has 2 aliphatic rings. The predicted molar refractivity (Wildman–Crippen MR) is 85.4 cm³/mol. The van der Waals surface area contributed by atoms with Crippen LogP contribution in [-0.2, 0) is 0 Å². The smallest absolute Gasteiger partial charge is 0.163 e. The van der Waals surface area contributed by atoms with E-state index in [0.717, 1.165) is 17.2 Å². The summed E-state index contributed by atoms with van der Waals surface area (Å²) in [6.07, 6.45) is 4.99. The highest BCUT2D eigenvalue weighted by molar-refractivity contribution is 5.55. The Morgan fingerprint density at radius 2 is 2.00 bits per heavy atom. The van der Waals surface area contributed by atoms with Crippen molar-refractivity contribution in [3.63, 3.8) is 0 Å². The van der Waals surface area contributed by atoms with Crippen molar-refractivity contribution < 1.29 is 9.47 Å². The van der Waals surface area contributed by atoms with Crippen molar-refractivity contribution in [3.8, 4) is 11.5 Å². The van der Waals surface area contributed by atoms with E-state index in [2.05, 4.69) is 29.3 Å². The van der Waals surface area contributed by atoms with Gasteiger partial charge in [-0.05, 0) is 50.9 Å². The van der Waals surface area contributed by atoms with Gasteiger partial charge in [0.2, 0.25) is 0 Å². The lowest BCUT2D eigenvalue weighted by Crippen LogP contribution is -2.27. The second-order valence-electron chi connectivity index (χ2n) is 5.97. The number of anilines is 1. The maximum atomic E-state index is 5.65. The fourth-order valence-electron chi connectivity index (χ4n) is 3.21. The van der Waals surface area contributed by atoms with Gasteiger partial charge in [0.15, 0.2) is 11.5 Å². The van der Waals surface area contributed by atoms with Crippen molar-refractivity contribution in [1.82, 2.24) is 4.90 Å². The molecule has 0 aromatic heterocycles. The summed E-state index contributed by atoms with van der Waals surface area (Å²) in [7, 11) is 0. The van der Waals surface area contributed by atoms with Crippen LogP contribution < -0.4 is 14.8 Å². The van der Waals surface area contributed by atoms with Gasteiger partial charge in [0.1, 0.15) is 13.2 Å². The van der Waals surface area contributed by atoms with Crippen LogP contribution in [0.5, 0.6) is 11.5 Å². The minimum Gasteiger partial charge on any atom is -0.486 e. The molecular weight excluding hydrogens is 264 g/mol. The van der Waals surface area contributed by atoms with Gasteiger partial charge in [0, 0.05) is 24.3 Å². The van der Waals surface area contributed by atoms with E-state index in [-0.39, 0.29) is 0 Å². The summed E-state index contributed by atoms with van der Waals surface area (Å²) in [6, 6.07) is 6.75. The van der Waals surface area contributed by atoms with Crippen molar-refractivity contribution in [2.75, 3.05) is 38.2 Å². The fraction of sp³-hybridized carbons (Fsp3) is 0.647. The van der Waals surface area contributed by atoms with Gasteiger partial charge in [0.25, 0.3) is 0 Å². The largest absolute Gasteiger partial charge is 0.486 e. The van der Waals surface area contributed by atoms with Gasteiger partial charge in [-0.1, -0.05) is 6.92 Å². The Kier molecular flexibility index (Phi) is 4.86. The third kappa shape index (κ3) is 3.82. The molecule has 1 unspecified atom stereocenters. The lowest BCUT2D eigenvalue weighted by molar-refractivity contribution is 0.171. The molecule has 0 radical (unpaired) electrons. The topological polar surface area (TPSA) is 33.7 Å². The summed E-state index contributed by atoms with van der Waals surface area (Å²) in [5, 5.41) is 3.67. The van der Waals surface area contributed by atoms with Gasteiger partial charge in [0.05, 0.1) is 0 Å². The number of nitrogens with zero attached hydrogens (tertiary/aromatic N) is 1. The summed E-state index contributed by atoms with van der Waals surface area (Å²) in [5.41, 5.74) is 1.15. The first-order valence-electron chi connectivity index (χ1n) is 8.23. The molecule has 0 bridgehead atoms. The van der Waals surface area contributed by atoms with Crippen LogP contribution in [0.4, 0.5) is 5.69 Å². The second kappa shape index (κ2) is 7.03. The molecule has 3 rings (SSSR count). The van der Waals surface area contributed by atoms with Crippen LogP contribution in [0.25, 0.3) is 0 Å². The molecule has 1 aromatic carbocycles. The number of ether oxygens (including phenoxy) is 2. The van der Waals surface area contributed by atoms with Crippen LogP contribution in [0.2, 0.25) is 0 Å². The third-order valence-electron chi connectivity index (χ3n) is 4.27. The molecular formula is C17H26N2O2. The monoisotopic (exact) mass is 290 g/mol. The highest BCUT2D eigenvalue weighted by atomic mass is 16.6. The van der Waals surface area contributed by atoms with Gasteiger partial charge in [-0.25, -0.2) is 0 Å². The Hall–Kier alpha value is -1.42. The Balaban J connectivity index is 1.58. The average Bonchev–Trinajstić information content (AvgIpc) is 2.73. The van der Waals surface area contributed by atoms with Crippen LogP contribution in [-0.4, -0.2) is 43.8 Å². The van der Waals surface area contributed by atoms with Crippen LogP contribution >= 0.6 is 0 Å². The van der Waals surface area contributed by atoms with Gasteiger partial charge < -0.3 is 19.7 Å². The Morgan fingerprint density at radius 1 is 1.14 bits per heavy atom. The van der Waals surface area contributed by atoms with Crippen LogP contribution in [0.3, 0.4) is 0 Å². The molecule has 1 fully saturated rings. The number of hydrogen-bond donors (Lipinski definition) is 1. The van der Waals surface area contributed by atoms with Gasteiger partial charge in [-0.2, -0.15) is 0 Å². The van der Waals surface area contributed by atoms with E-state index in [1.807, 2.05) is 6.07 Å². The zero-order chi connectivity index (χ0) is 14.5. The molecule has 116 valence electrons. The summed E-state index contributed by atoms with van der Waals surface area (Å²) < 4.78 is 11.2. The molecule has 4 nitrogen and oxygen atoms in total. The summed E-state index contributed by atoms with van der Waals surface area (Å²) in [5.74, 6) is 1.73. The summed E-state index contributed by atoms with van der Waals surface area (Å²) >= 11 is 0. The number of likely N-dealkylation sites (tertiary alicyclic amines) is 1. The molecule has 0 aliphatic carbocycles. The summed E-state index contributed by atoms with van der Waals surface area (Å²) in [6.45, 7) is 7.23. The van der Waals surface area contributed by atoms with Crippen LogP contribution in [0.1, 0.15) is 32.6 Å². The molecule has 1 N–H and O–H groups in total. The normalized spacial score (nSPS) is 22.6. The fourth-order valence-corrected chi connectivity index (χ4v) is 3.21. The lowest BCUT2D eigenvalue weighted by Gasteiger charge is -2.22. The van der Waals surface area contributed by atoms with Crippen molar-refractivity contribution in [1.29, 1.82) is 0 Å². The van der Waals surface area contributed by atoms with Crippen molar-refractivity contribution in [3.05, 3.63) is 18.2 Å². The molecule has 2 aliphatic heterocycles. The van der Waals surface area contributed by atoms with E-state index in [0.29, 0.717) is 19.3 Å². The SMILES string of the molecule is CCCN1CCCC(Nc2ccc3c(c2)OCCO3)CC1. The molecule has 21 heavy (non-hydrogen) atoms. The predicted octanol–water partition coefficient (Wildman–Crippen LogP) is 3.13. The first-order chi connectivity index (χ1) is 10.3. The minimum absolute atomic E-state index is 0.564. The maximum absolute atomic E-state index is 5.65. The molecule has 1 saturated heterocycles. The molecule has 4 heteroatoms. The number of hydrogen-bond acceptors (Lipinski definition) is 4. The van der Waals surface area contributed by atoms with Crippen LogP contribution in [0.15, 0.2) is 18.2 Å². The van der Waals surface area contributed by atoms with E-state index >= 15 is 0 Å². The van der Waals surface area contributed by atoms with Gasteiger partial charge in [-0.15, -0.1) is 0 Å². The molecule has 2 heterocycles. The maximum Gasteiger partial charge on any atom is 0.163 e. The summed E-state index contributed by atoms with van der Waals surface area (Å²) in [4.78, 5) is 2.59. The van der Waals surface area contributed by atoms with E-state index < -0.39 is 0 Å². The molecule has 0 saturated carbocycles. The standard InChI is InChI=1S/C17H26N2O2/c1-2-8-19-9-3-4-14(7-10-19)18-15-5-6-16-17(13-15)21-12-11-20-16/h5-6,13-14,18H,2-4,7-12H2,1H3. The Morgan fingerprint density at radius 3 is 2.86 bits per heavy atom. The van der Waals surface area contributed by atoms with E-state index in [4.69, 9.17) is 9.47 Å². The average molecular weight is 290 g/mol. The van der Waals surface area contributed by atoms with Crippen molar-refractivity contribution >= 4 is 5.69 Å². The third-order valence-corrected chi connectivity index (χ3v) is 4.27. The molecule has 1 aromatic rings. The number of rotatable bonds is 4. The highest BCUT2D eigenvalue weighted by Crippen LogP contribution is 2.33. The first-order valence-corrected chi connectivity index (χ1v) is 8.23. The van der Waals surface area contributed by atoms with Crippen LogP contribution in [0, 0.1) is 0 Å². The highest BCUT2D eigenvalue weighted by Gasteiger charge is 2.17. The number of fused-ring (bicyclic) bond motifs is 1. The molecule has 0 amide bonds. The lowest BCUT2D eigenvalue weighted by atomic mass is 10.1. The molecule has 1 atom stereocenters. The van der Waals surface area contributed by atoms with Gasteiger partial charge in [-0.3, -0.25) is 0 Å². The quantitative estimate of drug-likeness (QED) is 0.923. The molecule has 0 spiro atoms. The van der Waals surface area contributed by atoms with E-state index in [1.54, 1.807) is 0 Å². The zero-order valence-electron chi connectivity index (χ0n) is 12.9. The van der Waals surface area contributed by atoms with Crippen molar-refractivity contribution in [2.45, 2.75) is 38.6 Å². The van der Waals surface area contributed by atoms with E-state index in [9.17, 15) is 0 Å². The Bertz CT molecular complexity index is 464. The number of benzene rings is 1. The van der Waals surface area contributed by atoms with Gasteiger partial charge >= 0.3 is 0 Å². The first kappa shape index (κ1) is 14.5. The minimum atomic E-state index is 0.564.